The van der Waals surface area contributed by atoms with Gasteiger partial charge in [-0.1, -0.05) is 0 Å². The zero-order valence-electron chi connectivity index (χ0n) is 7.20. The van der Waals surface area contributed by atoms with Gasteiger partial charge in [-0.25, -0.2) is 0 Å². The van der Waals surface area contributed by atoms with Crippen LogP contribution in [0.15, 0.2) is 18.5 Å². The third-order valence-corrected chi connectivity index (χ3v) is 1.92. The lowest BCUT2D eigenvalue weighted by Crippen LogP contribution is -2.13. The van der Waals surface area contributed by atoms with Gasteiger partial charge in [-0.3, -0.25) is 4.98 Å². The third-order valence-electron chi connectivity index (χ3n) is 1.92. The number of aromatic nitrogens is 1. The van der Waals surface area contributed by atoms with Crippen LogP contribution in [0, 0.1) is 6.92 Å². The second-order valence-corrected chi connectivity index (χ2v) is 2.85. The fraction of sp³-hybridized carbons (Fsp3) is 0.444. The van der Waals surface area contributed by atoms with E-state index in [1.165, 1.54) is 0 Å². The molecule has 0 bridgehead atoms. The Bertz CT molecular complexity index is 250. The zero-order valence-corrected chi connectivity index (χ0v) is 7.20. The molecule has 1 heterocycles. The molecular weight excluding hydrogens is 152 g/mol. The van der Waals surface area contributed by atoms with Gasteiger partial charge in [0.1, 0.15) is 0 Å². The van der Waals surface area contributed by atoms with Crippen LogP contribution in [0.25, 0.3) is 0 Å². The molecule has 3 nitrogen and oxygen atoms in total. The van der Waals surface area contributed by atoms with Gasteiger partial charge in [0.05, 0.1) is 0 Å². The summed E-state index contributed by atoms with van der Waals surface area (Å²) >= 11 is 0. The number of hydrogen-bond acceptors (Lipinski definition) is 3. The molecule has 0 aromatic carbocycles. The van der Waals surface area contributed by atoms with Crippen LogP contribution in [0.1, 0.15) is 23.6 Å². The first-order valence-electron chi connectivity index (χ1n) is 4.02. The fourth-order valence-electron chi connectivity index (χ4n) is 1.16. The van der Waals surface area contributed by atoms with Crippen LogP contribution >= 0.6 is 0 Å². The Kier molecular flexibility index (Phi) is 3.19. The van der Waals surface area contributed by atoms with E-state index < -0.39 is 0 Å². The van der Waals surface area contributed by atoms with Crippen molar-refractivity contribution in [3.8, 4) is 0 Å². The normalized spacial score (nSPS) is 12.9. The molecule has 1 aromatic heterocycles. The predicted molar refractivity (Wildman–Crippen MR) is 47.6 cm³/mol. The van der Waals surface area contributed by atoms with Crippen molar-refractivity contribution in [1.29, 1.82) is 0 Å². The van der Waals surface area contributed by atoms with Gasteiger partial charge in [0.2, 0.25) is 0 Å². The third kappa shape index (κ3) is 2.03. The minimum atomic E-state index is -0.0938. The van der Waals surface area contributed by atoms with Crippen LogP contribution in [0.3, 0.4) is 0 Å². The van der Waals surface area contributed by atoms with Crippen LogP contribution in [0.2, 0.25) is 0 Å². The van der Waals surface area contributed by atoms with Crippen molar-refractivity contribution in [2.45, 2.75) is 19.4 Å². The molecule has 0 fully saturated rings. The molecule has 1 atom stereocenters. The maximum Gasteiger partial charge on any atom is 0.0449 e. The standard InChI is InChI=1S/C9H14N2O/c1-7-2-4-11-6-8(7)9(10)3-5-12/h2,4,6,9,12H,3,5,10H2,1H3/t9-/m0/s1. The summed E-state index contributed by atoms with van der Waals surface area (Å²) < 4.78 is 0. The van der Waals surface area contributed by atoms with E-state index in [1.807, 2.05) is 13.0 Å². The number of hydrogen-bond donors (Lipinski definition) is 2. The second-order valence-electron chi connectivity index (χ2n) is 2.85. The second kappa shape index (κ2) is 4.18. The maximum absolute atomic E-state index is 8.69. The van der Waals surface area contributed by atoms with Crippen LogP contribution < -0.4 is 5.73 Å². The van der Waals surface area contributed by atoms with Crippen molar-refractivity contribution in [1.82, 2.24) is 4.98 Å². The summed E-state index contributed by atoms with van der Waals surface area (Å²) in [5, 5.41) is 8.69. The average molecular weight is 166 g/mol. The van der Waals surface area contributed by atoms with Gasteiger partial charge in [-0.2, -0.15) is 0 Å². The summed E-state index contributed by atoms with van der Waals surface area (Å²) in [7, 11) is 0. The fourth-order valence-corrected chi connectivity index (χ4v) is 1.16. The highest BCUT2D eigenvalue weighted by Gasteiger charge is 2.07. The van der Waals surface area contributed by atoms with E-state index in [0.717, 1.165) is 11.1 Å². The van der Waals surface area contributed by atoms with Gasteiger partial charge in [-0.05, 0) is 30.5 Å². The lowest BCUT2D eigenvalue weighted by Gasteiger charge is -2.11. The summed E-state index contributed by atoms with van der Waals surface area (Å²) in [5.41, 5.74) is 7.96. The Balaban J connectivity index is 2.79. The Morgan fingerprint density at radius 1 is 1.67 bits per heavy atom. The minimum Gasteiger partial charge on any atom is -0.396 e. The van der Waals surface area contributed by atoms with Crippen LogP contribution in [0.5, 0.6) is 0 Å². The van der Waals surface area contributed by atoms with E-state index >= 15 is 0 Å². The van der Waals surface area contributed by atoms with Crippen molar-refractivity contribution in [3.63, 3.8) is 0 Å². The first-order valence-corrected chi connectivity index (χ1v) is 4.02. The number of aryl methyl sites for hydroxylation is 1. The Morgan fingerprint density at radius 3 is 3.00 bits per heavy atom. The molecule has 0 aliphatic heterocycles. The van der Waals surface area contributed by atoms with Gasteiger partial charge < -0.3 is 10.8 Å². The number of pyridine rings is 1. The monoisotopic (exact) mass is 166 g/mol. The molecule has 12 heavy (non-hydrogen) atoms. The highest BCUT2D eigenvalue weighted by atomic mass is 16.3. The average Bonchev–Trinajstić information content (AvgIpc) is 2.05. The summed E-state index contributed by atoms with van der Waals surface area (Å²) in [5.74, 6) is 0. The van der Waals surface area contributed by atoms with E-state index in [2.05, 4.69) is 4.98 Å². The molecule has 0 aliphatic rings. The number of aliphatic hydroxyl groups excluding tert-OH is 1. The lowest BCUT2D eigenvalue weighted by atomic mass is 10.0. The first-order chi connectivity index (χ1) is 5.75. The van der Waals surface area contributed by atoms with Gasteiger partial charge in [0.15, 0.2) is 0 Å². The van der Waals surface area contributed by atoms with Crippen molar-refractivity contribution in [2.75, 3.05) is 6.61 Å². The molecule has 0 saturated heterocycles. The molecule has 0 saturated carbocycles. The molecule has 1 rings (SSSR count). The molecule has 0 spiro atoms. The molecule has 0 aliphatic carbocycles. The van der Waals surface area contributed by atoms with E-state index in [-0.39, 0.29) is 12.6 Å². The molecule has 0 unspecified atom stereocenters. The smallest absolute Gasteiger partial charge is 0.0449 e. The Labute approximate surface area is 72.2 Å². The minimum absolute atomic E-state index is 0.0938. The summed E-state index contributed by atoms with van der Waals surface area (Å²) in [6.45, 7) is 2.11. The Morgan fingerprint density at radius 2 is 2.42 bits per heavy atom. The number of rotatable bonds is 3. The number of aliphatic hydroxyl groups is 1. The molecule has 1 aromatic rings. The van der Waals surface area contributed by atoms with E-state index in [1.54, 1.807) is 12.4 Å². The number of nitrogens with zero attached hydrogens (tertiary/aromatic N) is 1. The lowest BCUT2D eigenvalue weighted by molar-refractivity contribution is 0.276. The van der Waals surface area contributed by atoms with E-state index in [9.17, 15) is 0 Å². The highest BCUT2D eigenvalue weighted by Crippen LogP contribution is 2.15. The van der Waals surface area contributed by atoms with Gasteiger partial charge in [-0.15, -0.1) is 0 Å². The van der Waals surface area contributed by atoms with Crippen molar-refractivity contribution in [2.24, 2.45) is 5.73 Å². The Hall–Kier alpha value is -0.930. The molecule has 0 radical (unpaired) electrons. The van der Waals surface area contributed by atoms with Crippen molar-refractivity contribution in [3.05, 3.63) is 29.6 Å². The van der Waals surface area contributed by atoms with Crippen LogP contribution in [-0.4, -0.2) is 16.7 Å². The van der Waals surface area contributed by atoms with Crippen LogP contribution in [-0.2, 0) is 0 Å². The number of nitrogens with two attached hydrogens (primary N) is 1. The van der Waals surface area contributed by atoms with Crippen molar-refractivity contribution >= 4 is 0 Å². The van der Waals surface area contributed by atoms with E-state index in [4.69, 9.17) is 10.8 Å². The molecular formula is C9H14N2O. The summed E-state index contributed by atoms with van der Waals surface area (Å²) in [4.78, 5) is 3.99. The quantitative estimate of drug-likeness (QED) is 0.697. The SMILES string of the molecule is Cc1ccncc1[C@@H](N)CCO. The summed E-state index contributed by atoms with van der Waals surface area (Å²) in [6.07, 6.45) is 4.09. The van der Waals surface area contributed by atoms with Crippen LogP contribution in [0.4, 0.5) is 0 Å². The van der Waals surface area contributed by atoms with Crippen molar-refractivity contribution < 1.29 is 5.11 Å². The van der Waals surface area contributed by atoms with Gasteiger partial charge in [0.25, 0.3) is 0 Å². The zero-order chi connectivity index (χ0) is 8.97. The molecule has 66 valence electrons. The summed E-state index contributed by atoms with van der Waals surface area (Å²) in [6, 6.07) is 1.83. The van der Waals surface area contributed by atoms with Gasteiger partial charge in [0, 0.05) is 25.0 Å². The first kappa shape index (κ1) is 9.16. The molecule has 3 N–H and O–H groups in total. The van der Waals surface area contributed by atoms with E-state index in [0.29, 0.717) is 6.42 Å². The largest absolute Gasteiger partial charge is 0.396 e. The predicted octanol–water partition coefficient (Wildman–Crippen LogP) is 0.772. The maximum atomic E-state index is 8.69. The highest BCUT2D eigenvalue weighted by molar-refractivity contribution is 5.24. The topological polar surface area (TPSA) is 59.1 Å². The van der Waals surface area contributed by atoms with Gasteiger partial charge >= 0.3 is 0 Å². The molecule has 3 heteroatoms. The molecule has 0 amide bonds.